The lowest BCUT2D eigenvalue weighted by atomic mass is 10.3. The van der Waals surface area contributed by atoms with Gasteiger partial charge >= 0.3 is 0 Å². The fourth-order valence-electron chi connectivity index (χ4n) is 3.54. The molecule has 2 aromatic rings. The van der Waals surface area contributed by atoms with Crippen molar-refractivity contribution in [2.24, 2.45) is 7.05 Å². The molecule has 0 aliphatic carbocycles. The van der Waals surface area contributed by atoms with Crippen molar-refractivity contribution in [3.63, 3.8) is 0 Å². The summed E-state index contributed by atoms with van der Waals surface area (Å²) in [4.78, 5) is 20.5. The Morgan fingerprint density at radius 1 is 1.30 bits per heavy atom. The molecule has 2 fully saturated rings. The number of hydrogen-bond acceptors (Lipinski definition) is 4. The highest BCUT2D eigenvalue weighted by Crippen LogP contribution is 2.26. The molecule has 0 bridgehead atoms. The van der Waals surface area contributed by atoms with E-state index in [0.717, 1.165) is 50.4 Å². The molecule has 0 spiro atoms. The zero-order valence-electron chi connectivity index (χ0n) is 13.4. The minimum absolute atomic E-state index is 0.216. The van der Waals surface area contributed by atoms with E-state index in [2.05, 4.69) is 21.2 Å². The molecule has 2 aromatic heterocycles. The number of anilines is 1. The average Bonchev–Trinajstić information content (AvgIpc) is 3.27. The third-order valence-corrected chi connectivity index (χ3v) is 4.74. The third-order valence-electron chi connectivity index (χ3n) is 4.74. The second kappa shape index (κ2) is 5.81. The Morgan fingerprint density at radius 2 is 2.22 bits per heavy atom. The molecule has 0 saturated carbocycles. The van der Waals surface area contributed by atoms with Gasteiger partial charge in [0.05, 0.1) is 29.9 Å². The summed E-state index contributed by atoms with van der Waals surface area (Å²) in [5.41, 5.74) is 2.05. The van der Waals surface area contributed by atoms with Crippen molar-refractivity contribution >= 4 is 11.6 Å². The summed E-state index contributed by atoms with van der Waals surface area (Å²) in [6, 6.07) is 0.380. The van der Waals surface area contributed by atoms with Crippen LogP contribution in [0.25, 0.3) is 0 Å². The van der Waals surface area contributed by atoms with Gasteiger partial charge in [-0.15, -0.1) is 0 Å². The summed E-state index contributed by atoms with van der Waals surface area (Å²) in [5.74, 6) is 0.216. The molecule has 1 amide bonds. The zero-order valence-corrected chi connectivity index (χ0v) is 13.4. The first kappa shape index (κ1) is 14.4. The number of hydrogen-bond donors (Lipinski definition) is 0. The van der Waals surface area contributed by atoms with Gasteiger partial charge < -0.3 is 9.47 Å². The van der Waals surface area contributed by atoms with Gasteiger partial charge in [0.15, 0.2) is 0 Å². The molecule has 4 rings (SSSR count). The molecule has 0 aromatic carbocycles. The standard InChI is InChI=1S/C16H22N6O/c1-19-8-13(17-12-19)9-20-6-4-14(10-20)22-11-15(7-18-22)21-5-2-3-16(21)23/h7-8,11-12,14H,2-6,9-10H2,1H3. The number of carbonyl (C=O) groups excluding carboxylic acids is 1. The van der Waals surface area contributed by atoms with Crippen LogP contribution in [0.1, 0.15) is 31.0 Å². The first-order valence-electron chi connectivity index (χ1n) is 8.23. The van der Waals surface area contributed by atoms with Gasteiger partial charge in [0, 0.05) is 52.0 Å². The number of imidazole rings is 1. The summed E-state index contributed by atoms with van der Waals surface area (Å²) in [6.45, 7) is 3.74. The second-order valence-electron chi connectivity index (χ2n) is 6.54. The van der Waals surface area contributed by atoms with E-state index >= 15 is 0 Å². The molecule has 1 unspecified atom stereocenters. The van der Waals surface area contributed by atoms with Crippen molar-refractivity contribution in [3.8, 4) is 0 Å². The monoisotopic (exact) mass is 314 g/mol. The van der Waals surface area contributed by atoms with Crippen molar-refractivity contribution in [2.45, 2.75) is 31.8 Å². The molecular formula is C16H22N6O. The quantitative estimate of drug-likeness (QED) is 0.850. The van der Waals surface area contributed by atoms with Gasteiger partial charge in [-0.25, -0.2) is 4.98 Å². The van der Waals surface area contributed by atoms with Crippen LogP contribution >= 0.6 is 0 Å². The molecule has 1 atom stereocenters. The Kier molecular flexibility index (Phi) is 3.65. The molecule has 2 aliphatic rings. The van der Waals surface area contributed by atoms with Gasteiger partial charge in [-0.05, 0) is 12.8 Å². The molecular weight excluding hydrogens is 292 g/mol. The maximum Gasteiger partial charge on any atom is 0.227 e. The normalized spacial score (nSPS) is 22.4. The third kappa shape index (κ3) is 2.88. The number of nitrogens with zero attached hydrogens (tertiary/aromatic N) is 6. The van der Waals surface area contributed by atoms with Crippen LogP contribution < -0.4 is 4.90 Å². The lowest BCUT2D eigenvalue weighted by Gasteiger charge is -2.15. The fourth-order valence-corrected chi connectivity index (χ4v) is 3.54. The fraction of sp³-hybridized carbons (Fsp3) is 0.562. The number of likely N-dealkylation sites (tertiary alicyclic amines) is 1. The number of carbonyl (C=O) groups is 1. The van der Waals surface area contributed by atoms with E-state index in [0.29, 0.717) is 12.5 Å². The Labute approximate surface area is 135 Å². The van der Waals surface area contributed by atoms with Crippen LogP contribution in [-0.4, -0.2) is 49.8 Å². The topological polar surface area (TPSA) is 59.2 Å². The molecule has 0 N–H and O–H groups in total. The van der Waals surface area contributed by atoms with E-state index in [1.807, 2.05) is 39.9 Å². The van der Waals surface area contributed by atoms with Crippen molar-refractivity contribution < 1.29 is 4.79 Å². The van der Waals surface area contributed by atoms with Crippen LogP contribution in [0, 0.1) is 0 Å². The van der Waals surface area contributed by atoms with Crippen LogP contribution in [0.5, 0.6) is 0 Å². The Bertz CT molecular complexity index is 705. The molecule has 7 heteroatoms. The van der Waals surface area contributed by atoms with Gasteiger partial charge in [0.2, 0.25) is 5.91 Å². The molecule has 7 nitrogen and oxygen atoms in total. The van der Waals surface area contributed by atoms with E-state index in [9.17, 15) is 4.79 Å². The Balaban J connectivity index is 1.40. The maximum atomic E-state index is 11.8. The number of amides is 1. The number of rotatable bonds is 4. The summed E-state index contributed by atoms with van der Waals surface area (Å²) < 4.78 is 4.01. The first-order chi connectivity index (χ1) is 11.2. The summed E-state index contributed by atoms with van der Waals surface area (Å²) in [6.07, 6.45) is 10.5. The number of aromatic nitrogens is 4. The van der Waals surface area contributed by atoms with Crippen LogP contribution in [0.4, 0.5) is 5.69 Å². The highest BCUT2D eigenvalue weighted by Gasteiger charge is 2.27. The minimum atomic E-state index is 0.216. The number of aryl methyl sites for hydroxylation is 1. The van der Waals surface area contributed by atoms with E-state index in [4.69, 9.17) is 0 Å². The minimum Gasteiger partial charge on any atom is -0.340 e. The van der Waals surface area contributed by atoms with E-state index < -0.39 is 0 Å². The Hall–Kier alpha value is -2.15. The van der Waals surface area contributed by atoms with Crippen molar-refractivity contribution in [2.75, 3.05) is 24.5 Å². The van der Waals surface area contributed by atoms with Gasteiger partial charge in [-0.2, -0.15) is 5.10 Å². The summed E-state index contributed by atoms with van der Waals surface area (Å²) >= 11 is 0. The van der Waals surface area contributed by atoms with Crippen molar-refractivity contribution in [3.05, 3.63) is 30.6 Å². The van der Waals surface area contributed by atoms with Crippen molar-refractivity contribution in [1.82, 2.24) is 24.2 Å². The van der Waals surface area contributed by atoms with E-state index in [1.165, 1.54) is 0 Å². The molecule has 2 saturated heterocycles. The van der Waals surface area contributed by atoms with E-state index in [-0.39, 0.29) is 5.91 Å². The maximum absolute atomic E-state index is 11.8. The molecule has 0 radical (unpaired) electrons. The lowest BCUT2D eigenvalue weighted by molar-refractivity contribution is -0.117. The van der Waals surface area contributed by atoms with Crippen LogP contribution in [-0.2, 0) is 18.4 Å². The van der Waals surface area contributed by atoms with Gasteiger partial charge in [0.25, 0.3) is 0 Å². The van der Waals surface area contributed by atoms with Crippen molar-refractivity contribution in [1.29, 1.82) is 0 Å². The summed E-state index contributed by atoms with van der Waals surface area (Å²) in [7, 11) is 1.99. The summed E-state index contributed by atoms with van der Waals surface area (Å²) in [5, 5.41) is 4.50. The SMILES string of the molecule is Cn1cnc(CN2CCC(n3cc(N4CCCC4=O)cn3)C2)c1. The molecule has 4 heterocycles. The highest BCUT2D eigenvalue weighted by atomic mass is 16.2. The van der Waals surface area contributed by atoms with Crippen LogP contribution in [0.3, 0.4) is 0 Å². The average molecular weight is 314 g/mol. The molecule has 2 aliphatic heterocycles. The predicted molar refractivity (Wildman–Crippen MR) is 86.0 cm³/mol. The smallest absolute Gasteiger partial charge is 0.227 e. The van der Waals surface area contributed by atoms with Crippen LogP contribution in [0.15, 0.2) is 24.9 Å². The highest BCUT2D eigenvalue weighted by molar-refractivity contribution is 5.95. The Morgan fingerprint density at radius 3 is 2.96 bits per heavy atom. The lowest BCUT2D eigenvalue weighted by Crippen LogP contribution is -2.23. The molecule has 23 heavy (non-hydrogen) atoms. The molecule has 122 valence electrons. The van der Waals surface area contributed by atoms with E-state index in [1.54, 1.807) is 0 Å². The van der Waals surface area contributed by atoms with Gasteiger partial charge in [-0.1, -0.05) is 0 Å². The zero-order chi connectivity index (χ0) is 15.8. The largest absolute Gasteiger partial charge is 0.340 e. The first-order valence-corrected chi connectivity index (χ1v) is 8.23. The van der Waals surface area contributed by atoms with Crippen LogP contribution in [0.2, 0.25) is 0 Å². The predicted octanol–water partition coefficient (Wildman–Crippen LogP) is 1.19. The van der Waals surface area contributed by atoms with Gasteiger partial charge in [0.1, 0.15) is 0 Å². The van der Waals surface area contributed by atoms with Gasteiger partial charge in [-0.3, -0.25) is 14.4 Å². The second-order valence-corrected chi connectivity index (χ2v) is 6.54.